The summed E-state index contributed by atoms with van der Waals surface area (Å²) in [5.41, 5.74) is 1.16. The maximum atomic E-state index is 12.5. The summed E-state index contributed by atoms with van der Waals surface area (Å²) in [6.45, 7) is 5.30. The minimum Gasteiger partial charge on any atom is -0.208 e. The summed E-state index contributed by atoms with van der Waals surface area (Å²) in [5, 5.41) is 0.666. The van der Waals surface area contributed by atoms with Crippen molar-refractivity contribution in [2.45, 2.75) is 44.6 Å². The van der Waals surface area contributed by atoms with Crippen molar-refractivity contribution in [2.24, 2.45) is 5.92 Å². The molecular weight excluding hydrogens is 305 g/mol. The number of hydrogen-bond acceptors (Lipinski definition) is 2. The summed E-state index contributed by atoms with van der Waals surface area (Å²) in [4.78, 5) is 0.103. The van der Waals surface area contributed by atoms with Gasteiger partial charge in [-0.05, 0) is 56.7 Å². The van der Waals surface area contributed by atoms with E-state index in [0.717, 1.165) is 12.8 Å². The van der Waals surface area contributed by atoms with Gasteiger partial charge in [0.25, 0.3) is 0 Å². The lowest BCUT2D eigenvalue weighted by Crippen LogP contribution is -2.34. The van der Waals surface area contributed by atoms with E-state index in [-0.39, 0.29) is 16.0 Å². The smallest absolute Gasteiger partial charge is 0.208 e. The quantitative estimate of drug-likeness (QED) is 0.919. The van der Waals surface area contributed by atoms with E-state index in [9.17, 15) is 8.42 Å². The highest BCUT2D eigenvalue weighted by Gasteiger charge is 2.33. The summed E-state index contributed by atoms with van der Waals surface area (Å²) in [6, 6.07) is 1.61. The maximum absolute atomic E-state index is 12.5. The largest absolute Gasteiger partial charge is 0.242 e. The van der Waals surface area contributed by atoms with Crippen molar-refractivity contribution < 1.29 is 8.42 Å². The van der Waals surface area contributed by atoms with E-state index < -0.39 is 10.0 Å². The van der Waals surface area contributed by atoms with Gasteiger partial charge in [-0.15, -0.1) is 0 Å². The van der Waals surface area contributed by atoms with Crippen LogP contribution in [0.2, 0.25) is 10.0 Å². The lowest BCUT2D eigenvalue weighted by molar-refractivity contribution is 0.537. The molecule has 1 fully saturated rings. The molecule has 0 unspecified atom stereocenters. The molecule has 0 heterocycles. The number of halogens is 2. The molecule has 1 N–H and O–H groups in total. The van der Waals surface area contributed by atoms with E-state index in [1.807, 2.05) is 6.92 Å². The van der Waals surface area contributed by atoms with Crippen molar-refractivity contribution >= 4 is 33.2 Å². The van der Waals surface area contributed by atoms with Crippen molar-refractivity contribution in [3.63, 3.8) is 0 Å². The van der Waals surface area contributed by atoms with Crippen LogP contribution in [-0.2, 0) is 10.0 Å². The fraction of sp³-hybridized carbons (Fsp3) is 0.538. The van der Waals surface area contributed by atoms with Gasteiger partial charge in [-0.3, -0.25) is 0 Å². The molecule has 1 aliphatic carbocycles. The Hall–Kier alpha value is -0.290. The zero-order valence-corrected chi connectivity index (χ0v) is 13.5. The lowest BCUT2D eigenvalue weighted by Gasteiger charge is -2.17. The average molecular weight is 322 g/mol. The molecule has 1 aromatic carbocycles. The molecule has 19 heavy (non-hydrogen) atoms. The van der Waals surface area contributed by atoms with E-state index in [0.29, 0.717) is 22.1 Å². The van der Waals surface area contributed by atoms with Crippen LogP contribution in [0.3, 0.4) is 0 Å². The molecule has 0 amide bonds. The standard InChI is InChI=1S/C13H17Cl2NO2S/c1-7-6-11(14)8(2)13(12(7)15)19(17,18)16-9(3)10-4-5-10/h6,9-10,16H,4-5H2,1-3H3/t9-/m1/s1. The molecule has 1 atom stereocenters. The molecular formula is C13H17Cl2NO2S. The van der Waals surface area contributed by atoms with Crippen molar-refractivity contribution in [1.82, 2.24) is 4.72 Å². The van der Waals surface area contributed by atoms with E-state index in [1.165, 1.54) is 0 Å². The third kappa shape index (κ3) is 3.07. The normalized spacial score (nSPS) is 17.5. The molecule has 1 saturated carbocycles. The predicted molar refractivity (Wildman–Crippen MR) is 78.4 cm³/mol. The number of aryl methyl sites for hydroxylation is 1. The Balaban J connectivity index is 2.44. The van der Waals surface area contributed by atoms with Crippen LogP contribution in [0.25, 0.3) is 0 Å². The fourth-order valence-corrected chi connectivity index (χ4v) is 4.65. The van der Waals surface area contributed by atoms with Crippen LogP contribution in [-0.4, -0.2) is 14.5 Å². The second-order valence-electron chi connectivity index (χ2n) is 5.19. The highest BCUT2D eigenvalue weighted by atomic mass is 35.5. The van der Waals surface area contributed by atoms with Crippen molar-refractivity contribution in [1.29, 1.82) is 0 Å². The van der Waals surface area contributed by atoms with E-state index in [2.05, 4.69) is 4.72 Å². The van der Waals surface area contributed by atoms with Gasteiger partial charge < -0.3 is 0 Å². The monoisotopic (exact) mass is 321 g/mol. The van der Waals surface area contributed by atoms with Gasteiger partial charge in [-0.25, -0.2) is 13.1 Å². The van der Waals surface area contributed by atoms with Crippen LogP contribution in [0.5, 0.6) is 0 Å². The summed E-state index contributed by atoms with van der Waals surface area (Å²) < 4.78 is 27.6. The number of rotatable bonds is 4. The van der Waals surface area contributed by atoms with Gasteiger partial charge in [0.2, 0.25) is 10.0 Å². The minimum atomic E-state index is -3.64. The SMILES string of the molecule is Cc1cc(Cl)c(C)c(S(=O)(=O)N[C@H](C)C2CC2)c1Cl. The number of hydrogen-bond donors (Lipinski definition) is 1. The Bertz CT molecular complexity index is 583. The first-order valence-corrected chi connectivity index (χ1v) is 8.45. The summed E-state index contributed by atoms with van der Waals surface area (Å²) in [6.07, 6.45) is 2.15. The second kappa shape index (κ2) is 5.24. The first-order valence-electron chi connectivity index (χ1n) is 6.21. The molecule has 106 valence electrons. The van der Waals surface area contributed by atoms with Gasteiger partial charge in [0.15, 0.2) is 0 Å². The van der Waals surface area contributed by atoms with E-state index in [1.54, 1.807) is 19.9 Å². The lowest BCUT2D eigenvalue weighted by atomic mass is 10.2. The van der Waals surface area contributed by atoms with Gasteiger partial charge in [-0.2, -0.15) is 0 Å². The first kappa shape index (κ1) is 15.1. The molecule has 1 aromatic rings. The molecule has 6 heteroatoms. The zero-order chi connectivity index (χ0) is 14.4. The Labute approximate surface area is 124 Å². The summed E-state index contributed by atoms with van der Waals surface area (Å²) >= 11 is 12.2. The van der Waals surface area contributed by atoms with Gasteiger partial charge >= 0.3 is 0 Å². The van der Waals surface area contributed by atoms with Crippen LogP contribution in [0.1, 0.15) is 30.9 Å². The van der Waals surface area contributed by atoms with Crippen LogP contribution < -0.4 is 4.72 Å². The van der Waals surface area contributed by atoms with Crippen molar-refractivity contribution in [3.05, 3.63) is 27.2 Å². The van der Waals surface area contributed by atoms with E-state index >= 15 is 0 Å². The van der Waals surface area contributed by atoms with Gasteiger partial charge in [-0.1, -0.05) is 23.2 Å². The summed E-state index contributed by atoms with van der Waals surface area (Å²) in [7, 11) is -3.64. The Morgan fingerprint density at radius 1 is 1.32 bits per heavy atom. The van der Waals surface area contributed by atoms with Crippen molar-refractivity contribution in [3.8, 4) is 0 Å². The highest BCUT2D eigenvalue weighted by molar-refractivity contribution is 7.89. The molecule has 0 aliphatic heterocycles. The van der Waals surface area contributed by atoms with Crippen LogP contribution in [0.4, 0.5) is 0 Å². The molecule has 0 radical (unpaired) electrons. The predicted octanol–water partition coefficient (Wildman–Crippen LogP) is 3.69. The molecule has 1 aliphatic rings. The van der Waals surface area contributed by atoms with Gasteiger partial charge in [0.1, 0.15) is 4.90 Å². The van der Waals surface area contributed by atoms with Gasteiger partial charge in [0, 0.05) is 11.1 Å². The fourth-order valence-electron chi connectivity index (χ4n) is 2.13. The zero-order valence-electron chi connectivity index (χ0n) is 11.1. The molecule has 3 nitrogen and oxygen atoms in total. The first-order chi connectivity index (χ1) is 8.74. The topological polar surface area (TPSA) is 46.2 Å². The van der Waals surface area contributed by atoms with Gasteiger partial charge in [0.05, 0.1) is 5.02 Å². The maximum Gasteiger partial charge on any atom is 0.242 e. The Morgan fingerprint density at radius 2 is 1.89 bits per heavy atom. The highest BCUT2D eigenvalue weighted by Crippen LogP contribution is 2.36. The molecule has 0 saturated heterocycles. The van der Waals surface area contributed by atoms with Crippen molar-refractivity contribution in [2.75, 3.05) is 0 Å². The average Bonchev–Trinajstić information content (AvgIpc) is 3.09. The molecule has 0 spiro atoms. The number of nitrogens with one attached hydrogen (secondary N) is 1. The number of benzene rings is 1. The number of sulfonamides is 1. The third-order valence-corrected chi connectivity index (χ3v) is 6.25. The summed E-state index contributed by atoms with van der Waals surface area (Å²) in [5.74, 6) is 0.439. The molecule has 0 bridgehead atoms. The third-order valence-electron chi connectivity index (χ3n) is 3.53. The molecule has 0 aromatic heterocycles. The van der Waals surface area contributed by atoms with Crippen LogP contribution in [0.15, 0.2) is 11.0 Å². The molecule has 2 rings (SSSR count). The van der Waals surface area contributed by atoms with Crippen LogP contribution in [0, 0.1) is 19.8 Å². The van der Waals surface area contributed by atoms with Crippen LogP contribution >= 0.6 is 23.2 Å². The van der Waals surface area contributed by atoms with E-state index in [4.69, 9.17) is 23.2 Å². The second-order valence-corrected chi connectivity index (χ2v) is 7.63. The Morgan fingerprint density at radius 3 is 2.42 bits per heavy atom. The Kier molecular flexibility index (Phi) is 4.17. The minimum absolute atomic E-state index is 0.0697.